The van der Waals surface area contributed by atoms with E-state index >= 15 is 0 Å². The van der Waals surface area contributed by atoms with Crippen LogP contribution in [0.4, 0.5) is 0 Å². The van der Waals surface area contributed by atoms with Gasteiger partial charge in [0.05, 0.1) is 5.57 Å². The van der Waals surface area contributed by atoms with Crippen molar-refractivity contribution in [3.05, 3.63) is 11.6 Å². The van der Waals surface area contributed by atoms with E-state index in [1.165, 1.54) is 51.4 Å². The van der Waals surface area contributed by atoms with Crippen LogP contribution in [0.2, 0.25) is 0 Å². The summed E-state index contributed by atoms with van der Waals surface area (Å²) in [5.74, 6) is -0.346. The monoisotopic (exact) mass is 282 g/mol. The van der Waals surface area contributed by atoms with Crippen LogP contribution in [0.5, 0.6) is 0 Å². The van der Waals surface area contributed by atoms with Crippen LogP contribution in [0, 0.1) is 0 Å². The second-order valence-electron chi connectivity index (χ2n) is 5.83. The number of ether oxygens (including phenoxy) is 1. The summed E-state index contributed by atoms with van der Waals surface area (Å²) in [5, 5.41) is 9.76. The Morgan fingerprint density at radius 2 is 1.60 bits per heavy atom. The molecule has 0 amide bonds. The molecule has 1 fully saturated rings. The largest absolute Gasteiger partial charge is 0.456 e. The zero-order valence-corrected chi connectivity index (χ0v) is 13.1. The number of carbonyl (C=O) groups excluding carboxylic acids is 1. The first-order valence-electron chi connectivity index (χ1n) is 8.26. The summed E-state index contributed by atoms with van der Waals surface area (Å²) in [7, 11) is 0. The molecule has 1 rings (SSSR count). The minimum Gasteiger partial charge on any atom is -0.456 e. The van der Waals surface area contributed by atoms with Gasteiger partial charge in [-0.2, -0.15) is 0 Å². The van der Waals surface area contributed by atoms with E-state index in [0.29, 0.717) is 5.57 Å². The fourth-order valence-corrected chi connectivity index (χ4v) is 2.59. The van der Waals surface area contributed by atoms with E-state index in [-0.39, 0.29) is 5.97 Å². The van der Waals surface area contributed by atoms with Gasteiger partial charge in [0.15, 0.2) is 0 Å². The molecule has 20 heavy (non-hydrogen) atoms. The number of rotatable bonds is 10. The Morgan fingerprint density at radius 3 is 2.10 bits per heavy atom. The molecular weight excluding hydrogens is 252 g/mol. The fourth-order valence-electron chi connectivity index (χ4n) is 2.59. The minimum absolute atomic E-state index is 0.346. The van der Waals surface area contributed by atoms with Crippen molar-refractivity contribution in [1.29, 1.82) is 0 Å². The maximum atomic E-state index is 11.4. The van der Waals surface area contributed by atoms with Crippen LogP contribution >= 0.6 is 0 Å². The number of allylic oxidation sites excluding steroid dienone is 1. The van der Waals surface area contributed by atoms with Crippen molar-refractivity contribution in [3.63, 3.8) is 0 Å². The minimum atomic E-state index is -0.735. The van der Waals surface area contributed by atoms with Crippen molar-refractivity contribution < 1.29 is 14.6 Å². The number of esters is 1. The highest BCUT2D eigenvalue weighted by Gasteiger charge is 2.34. The van der Waals surface area contributed by atoms with Crippen LogP contribution < -0.4 is 0 Å². The molecule has 1 N–H and O–H groups in total. The number of hydrogen-bond donors (Lipinski definition) is 1. The predicted octanol–water partition coefficient (Wildman–Crippen LogP) is 4.14. The highest BCUT2D eigenvalue weighted by molar-refractivity contribution is 5.92. The molecule has 0 saturated carbocycles. The van der Waals surface area contributed by atoms with E-state index in [1.54, 1.807) is 6.92 Å². The summed E-state index contributed by atoms with van der Waals surface area (Å²) in [6, 6.07) is 0. The first kappa shape index (κ1) is 17.2. The molecule has 3 nitrogen and oxygen atoms in total. The summed E-state index contributed by atoms with van der Waals surface area (Å²) >= 11 is 0. The lowest BCUT2D eigenvalue weighted by Crippen LogP contribution is -2.17. The number of aliphatic hydroxyl groups excluding tert-OH is 1. The first-order chi connectivity index (χ1) is 9.66. The summed E-state index contributed by atoms with van der Waals surface area (Å²) in [6.45, 7) is 3.97. The Hall–Kier alpha value is -0.830. The highest BCUT2D eigenvalue weighted by atomic mass is 16.6. The van der Waals surface area contributed by atoms with Crippen LogP contribution in [-0.4, -0.2) is 23.3 Å². The van der Waals surface area contributed by atoms with Gasteiger partial charge in [0, 0.05) is 0 Å². The Morgan fingerprint density at radius 1 is 1.05 bits per heavy atom. The van der Waals surface area contributed by atoms with Crippen molar-refractivity contribution >= 4 is 5.97 Å². The fraction of sp³-hybridized carbons (Fsp3) is 0.824. The molecule has 0 spiro atoms. The lowest BCUT2D eigenvalue weighted by molar-refractivity contribution is -0.138. The lowest BCUT2D eigenvalue weighted by Gasteiger charge is -2.04. The van der Waals surface area contributed by atoms with Gasteiger partial charge in [0.2, 0.25) is 0 Å². The zero-order chi connectivity index (χ0) is 14.8. The SMILES string of the molecule is CCCCCCCCCCC/C=C1\C(=O)O[C@H](C)[C@@H]1O. The molecule has 0 radical (unpaired) electrons. The van der Waals surface area contributed by atoms with Crippen molar-refractivity contribution in [2.24, 2.45) is 0 Å². The second-order valence-corrected chi connectivity index (χ2v) is 5.83. The summed E-state index contributed by atoms with van der Waals surface area (Å²) in [5.41, 5.74) is 0.456. The van der Waals surface area contributed by atoms with E-state index in [1.807, 2.05) is 6.08 Å². The third kappa shape index (κ3) is 6.08. The van der Waals surface area contributed by atoms with Crippen molar-refractivity contribution in [3.8, 4) is 0 Å². The molecule has 0 aromatic heterocycles. The van der Waals surface area contributed by atoms with Crippen LogP contribution in [-0.2, 0) is 9.53 Å². The number of unbranched alkanes of at least 4 members (excludes halogenated alkanes) is 9. The Labute approximate surface area is 123 Å². The molecular formula is C17H30O3. The van der Waals surface area contributed by atoms with Gasteiger partial charge in [-0.05, 0) is 19.8 Å². The molecule has 0 aliphatic carbocycles. The Bertz CT molecular complexity index is 309. The van der Waals surface area contributed by atoms with Crippen molar-refractivity contribution in [1.82, 2.24) is 0 Å². The van der Waals surface area contributed by atoms with Crippen molar-refractivity contribution in [2.45, 2.75) is 90.3 Å². The zero-order valence-electron chi connectivity index (χ0n) is 13.1. The molecule has 1 aliphatic heterocycles. The summed E-state index contributed by atoms with van der Waals surface area (Å²) in [6.07, 6.45) is 13.3. The predicted molar refractivity (Wildman–Crippen MR) is 81.5 cm³/mol. The van der Waals surface area contributed by atoms with E-state index in [9.17, 15) is 9.90 Å². The number of carbonyl (C=O) groups is 1. The quantitative estimate of drug-likeness (QED) is 0.372. The molecule has 0 bridgehead atoms. The molecule has 1 saturated heterocycles. The van der Waals surface area contributed by atoms with Crippen LogP contribution in [0.3, 0.4) is 0 Å². The molecule has 1 heterocycles. The first-order valence-corrected chi connectivity index (χ1v) is 8.26. The maximum absolute atomic E-state index is 11.4. The van der Waals surface area contributed by atoms with Gasteiger partial charge in [-0.15, -0.1) is 0 Å². The van der Waals surface area contributed by atoms with Gasteiger partial charge < -0.3 is 9.84 Å². The molecule has 0 unspecified atom stereocenters. The van der Waals surface area contributed by atoms with E-state index in [4.69, 9.17) is 4.74 Å². The molecule has 0 aromatic carbocycles. The second kappa shape index (κ2) is 9.98. The third-order valence-electron chi connectivity index (χ3n) is 3.96. The standard InChI is InChI=1S/C17H30O3/c1-3-4-5-6-7-8-9-10-11-12-13-15-16(18)14(2)20-17(15)19/h13-14,16,18H,3-12H2,1-2H3/b15-13-/t14-,16+/m1/s1. The average molecular weight is 282 g/mol. The lowest BCUT2D eigenvalue weighted by atomic mass is 10.0. The molecule has 3 heteroatoms. The summed E-state index contributed by atoms with van der Waals surface area (Å²) < 4.78 is 4.97. The Kier molecular flexibility index (Phi) is 8.59. The topological polar surface area (TPSA) is 46.5 Å². The Balaban J connectivity index is 2.01. The van der Waals surface area contributed by atoms with E-state index in [2.05, 4.69) is 6.92 Å². The maximum Gasteiger partial charge on any atom is 0.336 e. The van der Waals surface area contributed by atoms with Gasteiger partial charge in [-0.1, -0.05) is 64.4 Å². The molecule has 1 aliphatic rings. The smallest absolute Gasteiger partial charge is 0.336 e. The van der Waals surface area contributed by atoms with Crippen molar-refractivity contribution in [2.75, 3.05) is 0 Å². The van der Waals surface area contributed by atoms with E-state index < -0.39 is 12.2 Å². The number of cyclic esters (lactones) is 1. The third-order valence-corrected chi connectivity index (χ3v) is 3.96. The van der Waals surface area contributed by atoms with Gasteiger partial charge in [-0.3, -0.25) is 0 Å². The summed E-state index contributed by atoms with van der Waals surface area (Å²) in [4.78, 5) is 11.4. The number of aliphatic hydroxyl groups is 1. The van der Waals surface area contributed by atoms with E-state index in [0.717, 1.165) is 12.8 Å². The van der Waals surface area contributed by atoms with Crippen LogP contribution in [0.15, 0.2) is 11.6 Å². The normalized spacial score (nSPS) is 24.4. The van der Waals surface area contributed by atoms with Gasteiger partial charge >= 0.3 is 5.97 Å². The molecule has 0 aromatic rings. The van der Waals surface area contributed by atoms with Gasteiger partial charge in [0.25, 0.3) is 0 Å². The number of hydrogen-bond acceptors (Lipinski definition) is 3. The average Bonchev–Trinajstić information content (AvgIpc) is 2.67. The van der Waals surface area contributed by atoms with Crippen LogP contribution in [0.1, 0.15) is 78.1 Å². The molecule has 2 atom stereocenters. The molecule has 116 valence electrons. The van der Waals surface area contributed by atoms with Crippen LogP contribution in [0.25, 0.3) is 0 Å². The van der Waals surface area contributed by atoms with Gasteiger partial charge in [0.1, 0.15) is 12.2 Å². The highest BCUT2D eigenvalue weighted by Crippen LogP contribution is 2.22. The van der Waals surface area contributed by atoms with Gasteiger partial charge in [-0.25, -0.2) is 4.79 Å².